The summed E-state index contributed by atoms with van der Waals surface area (Å²) in [6.07, 6.45) is 0.780. The third-order valence-corrected chi connectivity index (χ3v) is 3.98. The second-order valence-corrected chi connectivity index (χ2v) is 5.85. The number of carbonyl (C=O) groups is 1. The lowest BCUT2D eigenvalue weighted by atomic mass is 10.2. The Hall–Kier alpha value is -2.60. The normalized spacial score (nSPS) is 10.4. The molecule has 0 aliphatic carbocycles. The number of amides is 1. The first-order valence-corrected chi connectivity index (χ1v) is 8.72. The van der Waals surface area contributed by atoms with Crippen molar-refractivity contribution in [3.05, 3.63) is 59.9 Å². The van der Waals surface area contributed by atoms with E-state index in [1.807, 2.05) is 6.92 Å². The summed E-state index contributed by atoms with van der Waals surface area (Å²) < 4.78 is 18.4. The number of hydrogen-bond acceptors (Lipinski definition) is 4. The molecule has 2 N–H and O–H groups in total. The molecule has 2 rings (SSSR count). The molecule has 5 nitrogen and oxygen atoms in total. The summed E-state index contributed by atoms with van der Waals surface area (Å²) in [4.78, 5) is 14.0. The summed E-state index contributed by atoms with van der Waals surface area (Å²) in [6, 6.07) is 13.2. The second kappa shape index (κ2) is 10.4. The largest absolute Gasteiger partial charge is 0.484 e. The lowest BCUT2D eigenvalue weighted by Crippen LogP contribution is -2.36. The van der Waals surface area contributed by atoms with Gasteiger partial charge >= 0.3 is 0 Å². The molecule has 0 saturated heterocycles. The predicted molar refractivity (Wildman–Crippen MR) is 99.6 cm³/mol. The van der Waals surface area contributed by atoms with E-state index in [4.69, 9.17) is 9.84 Å². The average molecular weight is 360 g/mol. The molecule has 0 saturated carbocycles. The minimum atomic E-state index is -0.260. The Morgan fingerprint density at radius 3 is 2.46 bits per heavy atom. The fraction of sp³-hybridized carbons (Fsp3) is 0.350. The Morgan fingerprint density at radius 2 is 1.85 bits per heavy atom. The van der Waals surface area contributed by atoms with Crippen LogP contribution in [0.15, 0.2) is 48.5 Å². The fourth-order valence-electron chi connectivity index (χ4n) is 2.46. The van der Waals surface area contributed by atoms with Crippen molar-refractivity contribution in [1.82, 2.24) is 4.90 Å². The maximum Gasteiger partial charge on any atom is 0.260 e. The van der Waals surface area contributed by atoms with Crippen molar-refractivity contribution < 1.29 is 19.0 Å². The maximum atomic E-state index is 12.9. The van der Waals surface area contributed by atoms with Crippen LogP contribution in [0.3, 0.4) is 0 Å². The standard InChI is InChI=1S/C20H25FN2O3/c1-2-23(13-3-12-22-18-8-6-17(21)7-9-18)20(25)15-26-19-10-4-16(14-24)5-11-19/h4-11,22,24H,2-3,12-15H2,1H3. The highest BCUT2D eigenvalue weighted by molar-refractivity contribution is 5.77. The summed E-state index contributed by atoms with van der Waals surface area (Å²) >= 11 is 0. The van der Waals surface area contributed by atoms with Crippen molar-refractivity contribution in [1.29, 1.82) is 0 Å². The van der Waals surface area contributed by atoms with Crippen LogP contribution in [-0.4, -0.2) is 42.2 Å². The molecule has 140 valence electrons. The number of carbonyl (C=O) groups excluding carboxylic acids is 1. The van der Waals surface area contributed by atoms with Gasteiger partial charge in [0.05, 0.1) is 6.61 Å². The molecule has 26 heavy (non-hydrogen) atoms. The first kappa shape index (κ1) is 19.7. The SMILES string of the molecule is CCN(CCCNc1ccc(F)cc1)C(=O)COc1ccc(CO)cc1. The van der Waals surface area contributed by atoms with Crippen molar-refractivity contribution in [3.8, 4) is 5.75 Å². The molecule has 0 heterocycles. The first-order valence-electron chi connectivity index (χ1n) is 8.72. The molecule has 0 atom stereocenters. The van der Waals surface area contributed by atoms with Crippen molar-refractivity contribution in [3.63, 3.8) is 0 Å². The number of aliphatic hydroxyl groups excluding tert-OH is 1. The highest BCUT2D eigenvalue weighted by atomic mass is 19.1. The Bertz CT molecular complexity index is 674. The Morgan fingerprint density at radius 1 is 1.15 bits per heavy atom. The Labute approximate surface area is 153 Å². The average Bonchev–Trinajstić information content (AvgIpc) is 2.68. The van der Waals surface area contributed by atoms with Crippen molar-refractivity contribution >= 4 is 11.6 Å². The number of hydrogen-bond donors (Lipinski definition) is 2. The summed E-state index contributed by atoms with van der Waals surface area (Å²) in [7, 11) is 0. The van der Waals surface area contributed by atoms with Gasteiger partial charge in [0.25, 0.3) is 5.91 Å². The van der Waals surface area contributed by atoms with Gasteiger partial charge in [-0.15, -0.1) is 0 Å². The number of halogens is 1. The molecule has 0 fully saturated rings. The summed E-state index contributed by atoms with van der Waals surface area (Å²) in [5, 5.41) is 12.2. The maximum absolute atomic E-state index is 12.9. The van der Waals surface area contributed by atoms with E-state index in [9.17, 15) is 9.18 Å². The van der Waals surface area contributed by atoms with E-state index in [0.717, 1.165) is 17.7 Å². The van der Waals surface area contributed by atoms with Gasteiger partial charge in [-0.1, -0.05) is 12.1 Å². The number of likely N-dealkylation sites (N-methyl/N-ethyl adjacent to an activating group) is 1. The van der Waals surface area contributed by atoms with E-state index in [-0.39, 0.29) is 24.9 Å². The van der Waals surface area contributed by atoms with E-state index in [1.165, 1.54) is 12.1 Å². The number of benzene rings is 2. The molecule has 0 radical (unpaired) electrons. The van der Waals surface area contributed by atoms with Gasteiger partial charge in [-0.25, -0.2) is 4.39 Å². The zero-order chi connectivity index (χ0) is 18.8. The molecule has 1 amide bonds. The minimum absolute atomic E-state index is 0.0162. The lowest BCUT2D eigenvalue weighted by molar-refractivity contribution is -0.133. The summed E-state index contributed by atoms with van der Waals surface area (Å²) in [5.41, 5.74) is 1.66. The molecule has 0 aliphatic heterocycles. The zero-order valence-electron chi connectivity index (χ0n) is 15.0. The second-order valence-electron chi connectivity index (χ2n) is 5.85. The van der Waals surface area contributed by atoms with Gasteiger partial charge in [0, 0.05) is 25.3 Å². The fourth-order valence-corrected chi connectivity index (χ4v) is 2.46. The third-order valence-electron chi connectivity index (χ3n) is 3.98. The van der Waals surface area contributed by atoms with Crippen LogP contribution in [-0.2, 0) is 11.4 Å². The van der Waals surface area contributed by atoms with Crippen LogP contribution in [0.25, 0.3) is 0 Å². The molecular weight excluding hydrogens is 335 g/mol. The molecule has 2 aromatic carbocycles. The molecular formula is C20H25FN2O3. The zero-order valence-corrected chi connectivity index (χ0v) is 15.0. The third kappa shape index (κ3) is 6.37. The van der Waals surface area contributed by atoms with Gasteiger partial charge < -0.3 is 20.1 Å². The monoisotopic (exact) mass is 360 g/mol. The van der Waals surface area contributed by atoms with Crippen LogP contribution in [0, 0.1) is 5.82 Å². The summed E-state index contributed by atoms with van der Waals surface area (Å²) in [6.45, 7) is 3.82. The van der Waals surface area contributed by atoms with Crippen LogP contribution in [0.5, 0.6) is 5.75 Å². The van der Waals surface area contributed by atoms with Gasteiger partial charge in [-0.05, 0) is 55.3 Å². The van der Waals surface area contributed by atoms with E-state index < -0.39 is 0 Å². The Balaban J connectivity index is 1.70. The van der Waals surface area contributed by atoms with Gasteiger partial charge in [0.15, 0.2) is 6.61 Å². The summed E-state index contributed by atoms with van der Waals surface area (Å²) in [5.74, 6) is 0.273. The van der Waals surface area contributed by atoms with E-state index in [0.29, 0.717) is 25.4 Å². The molecule has 6 heteroatoms. The topological polar surface area (TPSA) is 61.8 Å². The number of aliphatic hydroxyl groups is 1. The number of anilines is 1. The quantitative estimate of drug-likeness (QED) is 0.640. The Kier molecular flexibility index (Phi) is 7.89. The van der Waals surface area contributed by atoms with Crippen LogP contribution < -0.4 is 10.1 Å². The number of ether oxygens (including phenoxy) is 1. The van der Waals surface area contributed by atoms with Crippen molar-refractivity contribution in [2.75, 3.05) is 31.6 Å². The lowest BCUT2D eigenvalue weighted by Gasteiger charge is -2.21. The van der Waals surface area contributed by atoms with Gasteiger partial charge in [-0.3, -0.25) is 4.79 Å². The van der Waals surface area contributed by atoms with Crippen LogP contribution >= 0.6 is 0 Å². The number of nitrogens with one attached hydrogen (secondary N) is 1. The number of rotatable bonds is 10. The molecule has 0 aromatic heterocycles. The minimum Gasteiger partial charge on any atom is -0.484 e. The highest BCUT2D eigenvalue weighted by Crippen LogP contribution is 2.12. The number of nitrogens with zero attached hydrogens (tertiary/aromatic N) is 1. The van der Waals surface area contributed by atoms with Crippen molar-refractivity contribution in [2.24, 2.45) is 0 Å². The highest BCUT2D eigenvalue weighted by Gasteiger charge is 2.12. The van der Waals surface area contributed by atoms with Gasteiger partial charge in [0.2, 0.25) is 0 Å². The first-order chi connectivity index (χ1) is 12.6. The molecule has 0 bridgehead atoms. The van der Waals surface area contributed by atoms with Gasteiger partial charge in [0.1, 0.15) is 11.6 Å². The smallest absolute Gasteiger partial charge is 0.260 e. The molecule has 2 aromatic rings. The van der Waals surface area contributed by atoms with E-state index >= 15 is 0 Å². The van der Waals surface area contributed by atoms with Gasteiger partial charge in [-0.2, -0.15) is 0 Å². The van der Waals surface area contributed by atoms with Crippen LogP contribution in [0.4, 0.5) is 10.1 Å². The molecule has 0 aliphatic rings. The molecule has 0 unspecified atom stereocenters. The van der Waals surface area contributed by atoms with E-state index in [2.05, 4.69) is 5.32 Å². The van der Waals surface area contributed by atoms with Crippen molar-refractivity contribution in [2.45, 2.75) is 20.0 Å². The predicted octanol–water partition coefficient (Wildman–Crippen LogP) is 3.05. The van der Waals surface area contributed by atoms with Crippen LogP contribution in [0.1, 0.15) is 18.9 Å². The van der Waals surface area contributed by atoms with Crippen LogP contribution in [0.2, 0.25) is 0 Å². The molecule has 0 spiro atoms. The van der Waals surface area contributed by atoms with E-state index in [1.54, 1.807) is 41.3 Å².